The molecule has 1 aromatic carbocycles. The number of esters is 1. The van der Waals surface area contributed by atoms with Crippen LogP contribution in [0.2, 0.25) is 0 Å². The van der Waals surface area contributed by atoms with Crippen LogP contribution < -0.4 is 0 Å². The van der Waals surface area contributed by atoms with Crippen LogP contribution in [-0.2, 0) is 16.0 Å². The predicted octanol–water partition coefficient (Wildman–Crippen LogP) is 2.44. The SMILES string of the molecule is C=CCN(CC=C)[C@@H](Cc1ccccc1)C(=O)OC. The first-order valence-electron chi connectivity index (χ1n) is 6.30. The van der Waals surface area contributed by atoms with E-state index in [2.05, 4.69) is 13.2 Å². The fourth-order valence-corrected chi connectivity index (χ4v) is 2.00. The van der Waals surface area contributed by atoms with E-state index in [1.54, 1.807) is 12.2 Å². The highest BCUT2D eigenvalue weighted by Gasteiger charge is 2.25. The fraction of sp³-hybridized carbons (Fsp3) is 0.312. The zero-order valence-electron chi connectivity index (χ0n) is 11.4. The molecule has 102 valence electrons. The Kier molecular flexibility index (Phi) is 6.61. The molecule has 19 heavy (non-hydrogen) atoms. The molecule has 0 unspecified atom stereocenters. The van der Waals surface area contributed by atoms with Gasteiger partial charge in [-0.25, -0.2) is 0 Å². The number of hydrogen-bond acceptors (Lipinski definition) is 3. The third-order valence-corrected chi connectivity index (χ3v) is 2.91. The molecular weight excluding hydrogens is 238 g/mol. The predicted molar refractivity (Wildman–Crippen MR) is 77.9 cm³/mol. The van der Waals surface area contributed by atoms with Crippen molar-refractivity contribution in [2.24, 2.45) is 0 Å². The molecule has 0 radical (unpaired) electrons. The van der Waals surface area contributed by atoms with Gasteiger partial charge in [-0.2, -0.15) is 0 Å². The number of carbonyl (C=O) groups is 1. The molecule has 0 aromatic heterocycles. The number of benzene rings is 1. The third kappa shape index (κ3) is 4.72. The maximum atomic E-state index is 12.0. The largest absolute Gasteiger partial charge is 0.468 e. The van der Waals surface area contributed by atoms with Gasteiger partial charge < -0.3 is 4.74 Å². The zero-order valence-corrected chi connectivity index (χ0v) is 11.4. The molecule has 0 N–H and O–H groups in total. The Hall–Kier alpha value is -1.87. The number of nitrogens with zero attached hydrogens (tertiary/aromatic N) is 1. The zero-order chi connectivity index (χ0) is 14.1. The van der Waals surface area contributed by atoms with Gasteiger partial charge in [0.05, 0.1) is 7.11 Å². The van der Waals surface area contributed by atoms with Crippen molar-refractivity contribution in [1.29, 1.82) is 0 Å². The molecule has 3 heteroatoms. The van der Waals surface area contributed by atoms with Gasteiger partial charge in [0.1, 0.15) is 6.04 Å². The van der Waals surface area contributed by atoms with Crippen LogP contribution in [0.15, 0.2) is 55.6 Å². The molecule has 0 aliphatic heterocycles. The molecule has 1 aromatic rings. The summed E-state index contributed by atoms with van der Waals surface area (Å²) in [5.74, 6) is -0.229. The van der Waals surface area contributed by atoms with Crippen molar-refractivity contribution < 1.29 is 9.53 Å². The summed E-state index contributed by atoms with van der Waals surface area (Å²) in [5, 5.41) is 0. The van der Waals surface area contributed by atoms with Gasteiger partial charge in [0.2, 0.25) is 0 Å². The van der Waals surface area contributed by atoms with E-state index in [0.717, 1.165) is 5.56 Å². The van der Waals surface area contributed by atoms with E-state index in [1.165, 1.54) is 7.11 Å². The van der Waals surface area contributed by atoms with Gasteiger partial charge in [0.25, 0.3) is 0 Å². The summed E-state index contributed by atoms with van der Waals surface area (Å²) in [4.78, 5) is 14.0. The van der Waals surface area contributed by atoms with E-state index in [9.17, 15) is 4.79 Å². The average Bonchev–Trinajstić information content (AvgIpc) is 2.45. The molecule has 0 spiro atoms. The van der Waals surface area contributed by atoms with Crippen LogP contribution in [0.5, 0.6) is 0 Å². The minimum absolute atomic E-state index is 0.229. The lowest BCUT2D eigenvalue weighted by Gasteiger charge is -2.27. The standard InChI is InChI=1S/C16H21NO2/c1-4-11-17(12-5-2)15(16(18)19-3)13-14-9-7-6-8-10-14/h4-10,15H,1-2,11-13H2,3H3/t15-/m0/s1. The van der Waals surface area contributed by atoms with E-state index in [4.69, 9.17) is 4.74 Å². The maximum Gasteiger partial charge on any atom is 0.323 e. The summed E-state index contributed by atoms with van der Waals surface area (Å²) < 4.78 is 4.91. The van der Waals surface area contributed by atoms with Crippen molar-refractivity contribution >= 4 is 5.97 Å². The first-order valence-corrected chi connectivity index (χ1v) is 6.30. The van der Waals surface area contributed by atoms with Gasteiger partial charge in [-0.15, -0.1) is 13.2 Å². The highest BCUT2D eigenvalue weighted by Crippen LogP contribution is 2.11. The Labute approximate surface area is 115 Å². The van der Waals surface area contributed by atoms with Crippen molar-refractivity contribution in [3.8, 4) is 0 Å². The minimum Gasteiger partial charge on any atom is -0.468 e. The Morgan fingerprint density at radius 3 is 2.32 bits per heavy atom. The molecule has 0 saturated carbocycles. The molecule has 3 nitrogen and oxygen atoms in total. The molecule has 0 aliphatic carbocycles. The quantitative estimate of drug-likeness (QED) is 0.530. The normalized spacial score (nSPS) is 11.9. The molecule has 0 saturated heterocycles. The van der Waals surface area contributed by atoms with E-state index >= 15 is 0 Å². The lowest BCUT2D eigenvalue weighted by atomic mass is 10.0. The van der Waals surface area contributed by atoms with E-state index in [1.807, 2.05) is 35.2 Å². The van der Waals surface area contributed by atoms with Gasteiger partial charge in [0.15, 0.2) is 0 Å². The van der Waals surface area contributed by atoms with Crippen LogP contribution in [0.25, 0.3) is 0 Å². The maximum absolute atomic E-state index is 12.0. The fourth-order valence-electron chi connectivity index (χ4n) is 2.00. The van der Waals surface area contributed by atoms with Crippen LogP contribution in [0.1, 0.15) is 5.56 Å². The summed E-state index contributed by atoms with van der Waals surface area (Å²) in [6.07, 6.45) is 4.18. The molecule has 0 bridgehead atoms. The van der Waals surface area contributed by atoms with Gasteiger partial charge >= 0.3 is 5.97 Å². The summed E-state index contributed by atoms with van der Waals surface area (Å²) in [6.45, 7) is 8.71. The lowest BCUT2D eigenvalue weighted by Crippen LogP contribution is -2.43. The first-order chi connectivity index (χ1) is 9.22. The van der Waals surface area contributed by atoms with Crippen LogP contribution in [-0.4, -0.2) is 37.1 Å². The number of methoxy groups -OCH3 is 1. The van der Waals surface area contributed by atoms with Gasteiger partial charge in [-0.1, -0.05) is 42.5 Å². The topological polar surface area (TPSA) is 29.5 Å². The molecule has 0 aliphatic rings. The summed E-state index contributed by atoms with van der Waals surface area (Å²) in [6, 6.07) is 9.60. The van der Waals surface area contributed by atoms with Crippen LogP contribution in [0.3, 0.4) is 0 Å². The van der Waals surface area contributed by atoms with E-state index in [-0.39, 0.29) is 12.0 Å². The van der Waals surface area contributed by atoms with Crippen LogP contribution in [0, 0.1) is 0 Å². The molecule has 1 atom stereocenters. The van der Waals surface area contributed by atoms with E-state index in [0.29, 0.717) is 19.5 Å². The van der Waals surface area contributed by atoms with Crippen molar-refractivity contribution in [1.82, 2.24) is 4.90 Å². The molecule has 1 rings (SSSR count). The van der Waals surface area contributed by atoms with Crippen molar-refractivity contribution in [3.63, 3.8) is 0 Å². The summed E-state index contributed by atoms with van der Waals surface area (Å²) in [7, 11) is 1.42. The summed E-state index contributed by atoms with van der Waals surface area (Å²) >= 11 is 0. The third-order valence-electron chi connectivity index (χ3n) is 2.91. The second kappa shape index (κ2) is 8.27. The molecule has 0 amide bonds. The number of ether oxygens (including phenoxy) is 1. The Morgan fingerprint density at radius 1 is 1.26 bits per heavy atom. The Balaban J connectivity index is 2.89. The second-order valence-corrected chi connectivity index (χ2v) is 4.26. The monoisotopic (exact) mass is 259 g/mol. The molecular formula is C16H21NO2. The summed E-state index contributed by atoms with van der Waals surface area (Å²) in [5.41, 5.74) is 1.11. The average molecular weight is 259 g/mol. The van der Waals surface area contributed by atoms with Gasteiger partial charge in [-0.3, -0.25) is 9.69 Å². The van der Waals surface area contributed by atoms with Gasteiger partial charge in [-0.05, 0) is 12.0 Å². The number of rotatable bonds is 8. The second-order valence-electron chi connectivity index (χ2n) is 4.26. The number of hydrogen-bond donors (Lipinski definition) is 0. The van der Waals surface area contributed by atoms with Gasteiger partial charge in [0, 0.05) is 13.1 Å². The van der Waals surface area contributed by atoms with Crippen molar-refractivity contribution in [2.45, 2.75) is 12.5 Å². The van der Waals surface area contributed by atoms with Crippen molar-refractivity contribution in [2.75, 3.05) is 20.2 Å². The number of carbonyl (C=O) groups excluding carboxylic acids is 1. The highest BCUT2D eigenvalue weighted by molar-refractivity contribution is 5.76. The first kappa shape index (κ1) is 15.2. The lowest BCUT2D eigenvalue weighted by molar-refractivity contribution is -0.146. The Bertz CT molecular complexity index is 404. The Morgan fingerprint density at radius 2 is 1.84 bits per heavy atom. The smallest absolute Gasteiger partial charge is 0.323 e. The van der Waals surface area contributed by atoms with E-state index < -0.39 is 0 Å². The van der Waals surface area contributed by atoms with Crippen LogP contribution >= 0.6 is 0 Å². The van der Waals surface area contributed by atoms with Crippen LogP contribution in [0.4, 0.5) is 0 Å². The highest BCUT2D eigenvalue weighted by atomic mass is 16.5. The minimum atomic E-state index is -0.316. The molecule has 0 fully saturated rings. The molecule has 0 heterocycles. The van der Waals surface area contributed by atoms with Crippen molar-refractivity contribution in [3.05, 3.63) is 61.2 Å².